The number of rotatable bonds is 3. The Balaban J connectivity index is 2.64. The molecule has 0 bridgehead atoms. The lowest BCUT2D eigenvalue weighted by atomic mass is 10.3. The van der Waals surface area contributed by atoms with Crippen LogP contribution in [0.4, 0.5) is 0 Å². The molecule has 0 N–H and O–H groups in total. The largest absolute Gasteiger partial charge is 0.469 e. The van der Waals surface area contributed by atoms with Crippen LogP contribution in [0.5, 0.6) is 0 Å². The van der Waals surface area contributed by atoms with Crippen LogP contribution in [0.3, 0.4) is 0 Å². The summed E-state index contributed by atoms with van der Waals surface area (Å²) in [7, 11) is 2.86. The van der Waals surface area contributed by atoms with E-state index in [2.05, 4.69) is 14.8 Å². The number of nitrogens with zero attached hydrogens (tertiary/aromatic N) is 3. The molecule has 1 aromatic heterocycles. The molecule has 0 aliphatic rings. The molecule has 0 amide bonds. The number of aryl methyl sites for hydroxylation is 1. The van der Waals surface area contributed by atoms with E-state index in [4.69, 9.17) is 0 Å². The molecule has 0 spiro atoms. The molecule has 6 heteroatoms. The predicted molar refractivity (Wildman–Crippen MR) is 42.0 cm³/mol. The number of methoxy groups -OCH3 is 1. The van der Waals surface area contributed by atoms with Gasteiger partial charge in [-0.3, -0.25) is 14.3 Å². The van der Waals surface area contributed by atoms with E-state index in [1.165, 1.54) is 18.1 Å². The Hall–Kier alpha value is -1.72. The molecular formula is C7H9N3O3. The van der Waals surface area contributed by atoms with Gasteiger partial charge in [0.05, 0.1) is 7.11 Å². The Morgan fingerprint density at radius 2 is 2.31 bits per heavy atom. The molecule has 0 aliphatic carbocycles. The molecule has 6 nitrogen and oxygen atoms in total. The zero-order valence-electron chi connectivity index (χ0n) is 7.35. The second-order valence-corrected chi connectivity index (χ2v) is 2.42. The topological polar surface area (TPSA) is 74.1 Å². The lowest BCUT2D eigenvalue weighted by Gasteiger charge is -1.94. The minimum Gasteiger partial charge on any atom is -0.469 e. The van der Waals surface area contributed by atoms with Crippen LogP contribution < -0.4 is 0 Å². The van der Waals surface area contributed by atoms with Crippen molar-refractivity contribution in [1.29, 1.82) is 0 Å². The van der Waals surface area contributed by atoms with E-state index in [9.17, 15) is 9.59 Å². The van der Waals surface area contributed by atoms with Gasteiger partial charge in [-0.1, -0.05) is 0 Å². The van der Waals surface area contributed by atoms with Crippen molar-refractivity contribution in [3.63, 3.8) is 0 Å². The van der Waals surface area contributed by atoms with Gasteiger partial charge in [0.1, 0.15) is 12.7 Å². The molecule has 0 saturated heterocycles. The highest BCUT2D eigenvalue weighted by Crippen LogP contribution is 1.96. The van der Waals surface area contributed by atoms with Gasteiger partial charge in [0.15, 0.2) is 0 Å². The van der Waals surface area contributed by atoms with E-state index < -0.39 is 11.8 Å². The maximum Gasteiger partial charge on any atom is 0.313 e. The summed E-state index contributed by atoms with van der Waals surface area (Å²) in [5.74, 6) is -0.988. The average molecular weight is 183 g/mol. The van der Waals surface area contributed by atoms with E-state index in [0.717, 1.165) is 0 Å². The fraction of sp³-hybridized carbons (Fsp3) is 0.429. The first-order chi connectivity index (χ1) is 6.13. The number of carbonyl (C=O) groups excluding carboxylic acids is 2. The number of hydrogen-bond donors (Lipinski definition) is 0. The van der Waals surface area contributed by atoms with Crippen molar-refractivity contribution >= 4 is 11.8 Å². The molecule has 13 heavy (non-hydrogen) atoms. The normalized spacial score (nSPS) is 9.69. The number of ether oxygens (including phenoxy) is 1. The quantitative estimate of drug-likeness (QED) is 0.361. The summed E-state index contributed by atoms with van der Waals surface area (Å²) >= 11 is 0. The Morgan fingerprint density at radius 3 is 2.77 bits per heavy atom. The van der Waals surface area contributed by atoms with Gasteiger partial charge in [0, 0.05) is 7.05 Å². The first-order valence-electron chi connectivity index (χ1n) is 3.59. The van der Waals surface area contributed by atoms with Gasteiger partial charge in [0.25, 0.3) is 0 Å². The Bertz CT molecular complexity index is 331. The van der Waals surface area contributed by atoms with Crippen molar-refractivity contribution in [2.24, 2.45) is 7.05 Å². The minimum atomic E-state index is -0.586. The summed E-state index contributed by atoms with van der Waals surface area (Å²) in [6.45, 7) is 0. The third kappa shape index (κ3) is 2.36. The van der Waals surface area contributed by atoms with Crippen LogP contribution in [0.2, 0.25) is 0 Å². The lowest BCUT2D eigenvalue weighted by Crippen LogP contribution is -2.11. The highest BCUT2D eigenvalue weighted by molar-refractivity contribution is 6.03. The first kappa shape index (κ1) is 9.37. The van der Waals surface area contributed by atoms with Gasteiger partial charge in [0.2, 0.25) is 11.6 Å². The number of hydrogen-bond acceptors (Lipinski definition) is 5. The third-order valence-corrected chi connectivity index (χ3v) is 1.38. The summed E-state index contributed by atoms with van der Waals surface area (Å²) in [5.41, 5.74) is 0. The number of carbonyl (C=O) groups is 2. The van der Waals surface area contributed by atoms with Crippen LogP contribution in [-0.2, 0) is 16.6 Å². The molecule has 0 unspecified atom stereocenters. The van der Waals surface area contributed by atoms with Gasteiger partial charge in [-0.05, 0) is 0 Å². The van der Waals surface area contributed by atoms with Gasteiger partial charge in [-0.2, -0.15) is 0 Å². The number of ketones is 1. The van der Waals surface area contributed by atoms with Crippen molar-refractivity contribution in [1.82, 2.24) is 14.8 Å². The van der Waals surface area contributed by atoms with Crippen LogP contribution in [0.25, 0.3) is 0 Å². The van der Waals surface area contributed by atoms with Crippen LogP contribution in [-0.4, -0.2) is 33.6 Å². The van der Waals surface area contributed by atoms with E-state index in [1.54, 1.807) is 7.05 Å². The van der Waals surface area contributed by atoms with Gasteiger partial charge < -0.3 is 4.74 Å². The summed E-state index contributed by atoms with van der Waals surface area (Å²) in [6, 6.07) is 0. The van der Waals surface area contributed by atoms with Crippen LogP contribution >= 0.6 is 0 Å². The predicted octanol–water partition coefficient (Wildman–Crippen LogP) is -0.439. The van der Waals surface area contributed by atoms with Crippen LogP contribution in [0.15, 0.2) is 6.33 Å². The molecule has 1 heterocycles. The number of Topliss-reactive ketones (excluding diaryl/α,β-unsaturated/α-hetero) is 1. The summed E-state index contributed by atoms with van der Waals surface area (Å²) in [5, 5.41) is 3.75. The molecule has 0 saturated carbocycles. The maximum atomic E-state index is 11.2. The van der Waals surface area contributed by atoms with Gasteiger partial charge in [-0.25, -0.2) is 4.98 Å². The molecule has 0 atom stereocenters. The van der Waals surface area contributed by atoms with Crippen LogP contribution in [0.1, 0.15) is 17.0 Å². The zero-order valence-corrected chi connectivity index (χ0v) is 7.35. The van der Waals surface area contributed by atoms with Gasteiger partial charge in [-0.15, -0.1) is 5.10 Å². The molecule has 1 aromatic rings. The van der Waals surface area contributed by atoms with E-state index in [-0.39, 0.29) is 12.2 Å². The smallest absolute Gasteiger partial charge is 0.313 e. The SMILES string of the molecule is COC(=O)CC(=O)c1ncn(C)n1. The molecule has 0 aliphatic heterocycles. The first-order valence-corrected chi connectivity index (χ1v) is 3.59. The maximum absolute atomic E-state index is 11.2. The summed E-state index contributed by atoms with van der Waals surface area (Å²) in [6.07, 6.45) is 1.07. The Labute approximate surface area is 74.5 Å². The second kappa shape index (κ2) is 3.79. The monoisotopic (exact) mass is 183 g/mol. The zero-order chi connectivity index (χ0) is 9.84. The third-order valence-electron chi connectivity index (χ3n) is 1.38. The van der Waals surface area contributed by atoms with E-state index >= 15 is 0 Å². The van der Waals surface area contributed by atoms with Crippen molar-refractivity contribution in [3.8, 4) is 0 Å². The highest BCUT2D eigenvalue weighted by Gasteiger charge is 2.15. The molecular weight excluding hydrogens is 174 g/mol. The standard InChI is InChI=1S/C7H9N3O3/c1-10-4-8-7(9-10)5(11)3-6(12)13-2/h4H,3H2,1-2H3. The van der Waals surface area contributed by atoms with Crippen LogP contribution in [0, 0.1) is 0 Å². The highest BCUT2D eigenvalue weighted by atomic mass is 16.5. The van der Waals surface area contributed by atoms with E-state index in [1.807, 2.05) is 0 Å². The molecule has 70 valence electrons. The summed E-state index contributed by atoms with van der Waals surface area (Å²) < 4.78 is 5.72. The van der Waals surface area contributed by atoms with E-state index in [0.29, 0.717) is 0 Å². The van der Waals surface area contributed by atoms with Crippen molar-refractivity contribution < 1.29 is 14.3 Å². The van der Waals surface area contributed by atoms with Gasteiger partial charge >= 0.3 is 5.97 Å². The average Bonchev–Trinajstić information content (AvgIpc) is 2.51. The lowest BCUT2D eigenvalue weighted by molar-refractivity contribution is -0.139. The van der Waals surface area contributed by atoms with Crippen molar-refractivity contribution in [2.45, 2.75) is 6.42 Å². The Morgan fingerprint density at radius 1 is 1.62 bits per heavy atom. The number of esters is 1. The molecule has 0 radical (unpaired) electrons. The molecule has 0 fully saturated rings. The Kier molecular flexibility index (Phi) is 2.73. The minimum absolute atomic E-state index is 0.0351. The molecule has 1 rings (SSSR count). The molecule has 0 aromatic carbocycles. The van der Waals surface area contributed by atoms with Crippen molar-refractivity contribution in [2.75, 3.05) is 7.11 Å². The van der Waals surface area contributed by atoms with Crippen molar-refractivity contribution in [3.05, 3.63) is 12.2 Å². The fourth-order valence-electron chi connectivity index (χ4n) is 0.749. The number of aromatic nitrogens is 3. The fourth-order valence-corrected chi connectivity index (χ4v) is 0.749. The second-order valence-electron chi connectivity index (χ2n) is 2.42. The summed E-state index contributed by atoms with van der Waals surface area (Å²) in [4.78, 5) is 25.6.